The van der Waals surface area contributed by atoms with E-state index in [0.29, 0.717) is 5.82 Å². The minimum Gasteiger partial charge on any atom is -0.456 e. The molecule has 7 heterocycles. The van der Waals surface area contributed by atoms with Crippen LogP contribution in [0.1, 0.15) is 0 Å². The van der Waals surface area contributed by atoms with Crippen LogP contribution in [0, 0.1) is 0 Å². The van der Waals surface area contributed by atoms with Gasteiger partial charge in [0.15, 0.2) is 5.82 Å². The van der Waals surface area contributed by atoms with Crippen LogP contribution in [-0.4, -0.2) is 29.9 Å². The Hall–Kier alpha value is -14.3. The highest BCUT2D eigenvalue weighted by atomic mass is 16.3. The van der Waals surface area contributed by atoms with Crippen molar-refractivity contribution in [2.75, 3.05) is 0 Å². The molecule has 8 nitrogen and oxygen atoms in total. The summed E-state index contributed by atoms with van der Waals surface area (Å²) >= 11 is 0. The molecule has 0 atom stereocenters. The summed E-state index contributed by atoms with van der Waals surface area (Å²) in [5, 5.41) is 6.56. The highest BCUT2D eigenvalue weighted by Gasteiger charge is 2.19. The first kappa shape index (κ1) is 61.5. The monoisotopic (exact) mass is 1350 g/mol. The summed E-state index contributed by atoms with van der Waals surface area (Å²) in [5.41, 5.74) is 30.6. The van der Waals surface area contributed by atoms with Gasteiger partial charge in [-0.3, -0.25) is 9.97 Å². The van der Waals surface area contributed by atoms with E-state index in [0.717, 1.165) is 206 Å². The first-order chi connectivity index (χ1) is 52.4. The second-order valence-corrected chi connectivity index (χ2v) is 27.0. The lowest BCUT2D eigenvalue weighted by molar-refractivity contribution is 0.668. The second-order valence-electron chi connectivity index (χ2n) is 27.0. The molecule has 0 aliphatic heterocycles. The molecule has 20 rings (SSSR count). The maximum atomic E-state index is 6.18. The van der Waals surface area contributed by atoms with Gasteiger partial charge < -0.3 is 8.83 Å². The summed E-state index contributed by atoms with van der Waals surface area (Å²) in [6.07, 6.45) is 3.68. The van der Waals surface area contributed by atoms with Gasteiger partial charge in [0.2, 0.25) is 0 Å². The third kappa shape index (κ3) is 11.6. The van der Waals surface area contributed by atoms with Gasteiger partial charge in [-0.2, -0.15) is 0 Å². The van der Waals surface area contributed by atoms with Crippen LogP contribution < -0.4 is 0 Å². The SMILES string of the molecule is c1ccc(-c2cc(-c3ccc(-c4ccc(-c5nc(-c6ccc(-c7ccc(-c8ccc9ccc%10cccnc%10c9n8)cc7)cc6)cc(-c6ccc(-c7ccc8oc9ccccc9c8c7)cc6)n5)cc4)cc3)cc(-c3cc(-c4ccccn4)cc(-c4ccc(-c5ccc6oc7ccccc7c6c5)cc4)n3)c2)cc1. The molecule has 0 saturated carbocycles. The Balaban J connectivity index is 0.610. The van der Waals surface area contributed by atoms with Crippen LogP contribution in [0.5, 0.6) is 0 Å². The minimum atomic E-state index is 0.634. The number of fused-ring (bicyclic) bond motifs is 9. The molecular formula is C98H60N6O2. The zero-order valence-corrected chi connectivity index (χ0v) is 57.1. The van der Waals surface area contributed by atoms with Crippen molar-refractivity contribution in [1.82, 2.24) is 29.9 Å². The zero-order chi connectivity index (χ0) is 70.0. The highest BCUT2D eigenvalue weighted by Crippen LogP contribution is 2.41. The van der Waals surface area contributed by atoms with Gasteiger partial charge in [-0.15, -0.1) is 0 Å². The minimum absolute atomic E-state index is 0.634. The second kappa shape index (κ2) is 25.9. The molecule has 20 aromatic rings. The molecule has 494 valence electrons. The van der Waals surface area contributed by atoms with E-state index in [1.165, 1.54) is 0 Å². The van der Waals surface area contributed by atoms with Gasteiger partial charge in [0.1, 0.15) is 22.3 Å². The zero-order valence-electron chi connectivity index (χ0n) is 57.1. The van der Waals surface area contributed by atoms with Crippen LogP contribution >= 0.6 is 0 Å². The summed E-state index contributed by atoms with van der Waals surface area (Å²) in [6.45, 7) is 0. The number of hydrogen-bond acceptors (Lipinski definition) is 8. The predicted octanol–water partition coefficient (Wildman–Crippen LogP) is 25.8. The standard InChI is InChI=1S/C98H60N6O2/c1-2-11-61(12-3-1)78-53-79(55-80(54-78)89-59-81(86-16-8-9-51-99-86)58-88(101-89)70-37-27-66(28-38-70)76-46-49-94-84(56-76)82-14-4-6-17-92(82)105-94)68-21-19-62(20-22-68)65-31-43-75(44-32-65)98-103-90(60-91(104-98)72-39-29-67(30-40-72)77-47-50-95-85(57-77)83-15-5-7-18-93(83)106-95)71-35-25-64(26-36-71)63-23-33-69(34-24-63)87-48-45-74-42-41-73-13-10-52-100-96(73)97(74)102-87/h1-60H. The number of aromatic nitrogens is 6. The average Bonchev–Trinajstić information content (AvgIpc) is 1.80. The third-order valence-electron chi connectivity index (χ3n) is 20.5. The number of pyridine rings is 4. The van der Waals surface area contributed by atoms with E-state index in [1.807, 2.05) is 54.9 Å². The number of benzene rings is 13. The lowest BCUT2D eigenvalue weighted by Gasteiger charge is -2.14. The number of rotatable bonds is 13. The predicted molar refractivity (Wildman–Crippen MR) is 433 cm³/mol. The molecule has 0 amide bonds. The van der Waals surface area contributed by atoms with E-state index in [9.17, 15) is 0 Å². The van der Waals surface area contributed by atoms with Crippen molar-refractivity contribution in [2.45, 2.75) is 0 Å². The van der Waals surface area contributed by atoms with E-state index in [-0.39, 0.29) is 0 Å². The van der Waals surface area contributed by atoms with Gasteiger partial charge >= 0.3 is 0 Å². The molecule has 0 radical (unpaired) electrons. The lowest BCUT2D eigenvalue weighted by Crippen LogP contribution is -1.96. The van der Waals surface area contributed by atoms with Crippen LogP contribution in [0.3, 0.4) is 0 Å². The molecule has 8 heteroatoms. The fourth-order valence-corrected chi connectivity index (χ4v) is 14.8. The van der Waals surface area contributed by atoms with Crippen LogP contribution in [0.2, 0.25) is 0 Å². The molecule has 0 N–H and O–H groups in total. The van der Waals surface area contributed by atoms with Crippen molar-refractivity contribution in [1.29, 1.82) is 0 Å². The van der Waals surface area contributed by atoms with Crippen molar-refractivity contribution in [3.8, 4) is 146 Å². The van der Waals surface area contributed by atoms with Crippen molar-refractivity contribution >= 4 is 65.7 Å². The van der Waals surface area contributed by atoms with E-state index < -0.39 is 0 Å². The fraction of sp³-hybridized carbons (Fsp3) is 0. The van der Waals surface area contributed by atoms with Gasteiger partial charge in [-0.05, 0) is 164 Å². The lowest BCUT2D eigenvalue weighted by atomic mass is 9.93. The van der Waals surface area contributed by atoms with Crippen LogP contribution in [-0.2, 0) is 0 Å². The summed E-state index contributed by atoms with van der Waals surface area (Å²) < 4.78 is 12.4. The molecule has 0 aliphatic carbocycles. The smallest absolute Gasteiger partial charge is 0.160 e. The van der Waals surface area contributed by atoms with Crippen molar-refractivity contribution in [2.24, 2.45) is 0 Å². The van der Waals surface area contributed by atoms with E-state index in [4.69, 9.17) is 33.8 Å². The number of nitrogens with zero attached hydrogens (tertiary/aromatic N) is 6. The van der Waals surface area contributed by atoms with Crippen LogP contribution in [0.25, 0.3) is 211 Å². The molecule has 0 spiro atoms. The Morgan fingerprint density at radius 1 is 0.170 bits per heavy atom. The average molecular weight is 1350 g/mol. The Bertz CT molecular complexity index is 6750. The Morgan fingerprint density at radius 2 is 0.547 bits per heavy atom. The highest BCUT2D eigenvalue weighted by molar-refractivity contribution is 6.08. The van der Waals surface area contributed by atoms with E-state index in [2.05, 4.69) is 314 Å². The molecule has 0 fully saturated rings. The van der Waals surface area contributed by atoms with Crippen LogP contribution in [0.15, 0.2) is 373 Å². The summed E-state index contributed by atoms with van der Waals surface area (Å²) in [5.74, 6) is 0.634. The third-order valence-corrected chi connectivity index (χ3v) is 20.5. The van der Waals surface area contributed by atoms with Crippen molar-refractivity contribution in [3.63, 3.8) is 0 Å². The maximum Gasteiger partial charge on any atom is 0.160 e. The Kier molecular flexibility index (Phi) is 15.0. The van der Waals surface area contributed by atoms with Crippen molar-refractivity contribution < 1.29 is 8.83 Å². The van der Waals surface area contributed by atoms with Crippen molar-refractivity contribution in [3.05, 3.63) is 364 Å². The molecule has 0 bridgehead atoms. The summed E-state index contributed by atoms with van der Waals surface area (Å²) in [6, 6.07) is 124. The molecule has 13 aromatic carbocycles. The van der Waals surface area contributed by atoms with Gasteiger partial charge in [0.25, 0.3) is 0 Å². The largest absolute Gasteiger partial charge is 0.456 e. The summed E-state index contributed by atoms with van der Waals surface area (Å²) in [4.78, 5) is 30.8. The normalized spacial score (nSPS) is 11.6. The first-order valence-corrected chi connectivity index (χ1v) is 35.6. The first-order valence-electron chi connectivity index (χ1n) is 35.6. The Morgan fingerprint density at radius 3 is 1.08 bits per heavy atom. The molecule has 7 aromatic heterocycles. The van der Waals surface area contributed by atoms with Gasteiger partial charge in [-0.25, -0.2) is 19.9 Å². The maximum absolute atomic E-state index is 6.18. The number of para-hydroxylation sites is 2. The fourth-order valence-electron chi connectivity index (χ4n) is 14.8. The molecule has 0 saturated heterocycles. The number of furan rings is 2. The number of hydrogen-bond donors (Lipinski definition) is 0. The topological polar surface area (TPSA) is 104 Å². The quantitative estimate of drug-likeness (QED) is 0.105. The molecule has 0 unspecified atom stereocenters. The molecular weight excluding hydrogens is 1290 g/mol. The van der Waals surface area contributed by atoms with E-state index >= 15 is 0 Å². The Labute approximate surface area is 610 Å². The molecule has 0 aliphatic rings. The summed E-state index contributed by atoms with van der Waals surface area (Å²) in [7, 11) is 0. The van der Waals surface area contributed by atoms with E-state index in [1.54, 1.807) is 0 Å². The molecule has 106 heavy (non-hydrogen) atoms. The van der Waals surface area contributed by atoms with Crippen LogP contribution in [0.4, 0.5) is 0 Å². The van der Waals surface area contributed by atoms with Gasteiger partial charge in [0, 0.05) is 83.7 Å². The van der Waals surface area contributed by atoms with Gasteiger partial charge in [0.05, 0.1) is 45.2 Å². The van der Waals surface area contributed by atoms with Gasteiger partial charge in [-0.1, -0.05) is 255 Å².